The maximum Gasteiger partial charge on any atom is 0.315 e. The number of sulfonamides is 1. The van der Waals surface area contributed by atoms with E-state index in [2.05, 4.69) is 5.10 Å². The quantitative estimate of drug-likeness (QED) is 0.462. The van der Waals surface area contributed by atoms with Crippen LogP contribution in [0.5, 0.6) is 11.5 Å². The number of methoxy groups -OCH3 is 1. The molecule has 0 aromatic heterocycles. The summed E-state index contributed by atoms with van der Waals surface area (Å²) >= 11 is 0. The van der Waals surface area contributed by atoms with Gasteiger partial charge in [0.15, 0.2) is 5.75 Å². The van der Waals surface area contributed by atoms with E-state index >= 15 is 0 Å². The van der Waals surface area contributed by atoms with Crippen molar-refractivity contribution in [3.63, 3.8) is 0 Å². The van der Waals surface area contributed by atoms with Gasteiger partial charge in [-0.15, -0.1) is 0 Å². The van der Waals surface area contributed by atoms with Gasteiger partial charge < -0.3 is 9.84 Å². The molecular formula is C14H13N3O6S. The highest BCUT2D eigenvalue weighted by Crippen LogP contribution is 2.36. The van der Waals surface area contributed by atoms with Gasteiger partial charge in [-0.1, -0.05) is 18.2 Å². The molecule has 0 saturated carbocycles. The summed E-state index contributed by atoms with van der Waals surface area (Å²) in [4.78, 5) is 12.1. The molecule has 2 aromatic rings. The van der Waals surface area contributed by atoms with E-state index in [1.54, 1.807) is 18.2 Å². The van der Waals surface area contributed by atoms with Crippen LogP contribution in [0.3, 0.4) is 0 Å². The lowest BCUT2D eigenvalue weighted by atomic mass is 10.2. The van der Waals surface area contributed by atoms with Crippen LogP contribution in [0.15, 0.2) is 52.5 Å². The Balaban J connectivity index is 2.26. The largest absolute Gasteiger partial charge is 0.500 e. The maximum absolute atomic E-state index is 12.0. The molecule has 0 radical (unpaired) electrons. The normalized spacial score (nSPS) is 11.4. The van der Waals surface area contributed by atoms with Gasteiger partial charge in [0, 0.05) is 11.6 Å². The minimum absolute atomic E-state index is 0.0245. The first-order chi connectivity index (χ1) is 11.3. The minimum Gasteiger partial charge on any atom is -0.500 e. The molecule has 2 aromatic carbocycles. The molecule has 0 aliphatic heterocycles. The first kappa shape index (κ1) is 17.2. The van der Waals surface area contributed by atoms with Crippen molar-refractivity contribution >= 4 is 21.9 Å². The van der Waals surface area contributed by atoms with Gasteiger partial charge in [-0.05, 0) is 18.2 Å². The Bertz CT molecular complexity index is 881. The van der Waals surface area contributed by atoms with Crippen LogP contribution in [0.2, 0.25) is 0 Å². The van der Waals surface area contributed by atoms with Gasteiger partial charge in [-0.3, -0.25) is 10.1 Å². The second-order valence-electron chi connectivity index (χ2n) is 4.51. The number of nitro groups is 1. The van der Waals surface area contributed by atoms with E-state index in [4.69, 9.17) is 4.74 Å². The summed E-state index contributed by atoms with van der Waals surface area (Å²) < 4.78 is 28.8. The number of hydrazone groups is 1. The van der Waals surface area contributed by atoms with Crippen molar-refractivity contribution in [2.75, 3.05) is 7.11 Å². The van der Waals surface area contributed by atoms with Crippen LogP contribution >= 0.6 is 0 Å². The highest BCUT2D eigenvalue weighted by atomic mass is 32.2. The van der Waals surface area contributed by atoms with Crippen LogP contribution in [-0.4, -0.2) is 31.8 Å². The van der Waals surface area contributed by atoms with Gasteiger partial charge in [0.05, 0.1) is 23.1 Å². The van der Waals surface area contributed by atoms with Crippen LogP contribution in [0.1, 0.15) is 5.56 Å². The number of aromatic hydroxyl groups is 1. The third-order valence-electron chi connectivity index (χ3n) is 2.93. The molecule has 0 heterocycles. The van der Waals surface area contributed by atoms with Crippen molar-refractivity contribution in [3.8, 4) is 11.5 Å². The zero-order chi connectivity index (χ0) is 17.7. The standard InChI is InChI=1S/C14H13N3O6S/c1-23-13-8-10(7-12(14(13)18)17(19)20)9-15-16-24(21,22)11-5-3-2-4-6-11/h2-9,16,18H,1H3/b15-9-. The van der Waals surface area contributed by atoms with Crippen LogP contribution in [-0.2, 0) is 10.0 Å². The zero-order valence-corrected chi connectivity index (χ0v) is 13.2. The van der Waals surface area contributed by atoms with E-state index in [1.807, 2.05) is 4.83 Å². The van der Waals surface area contributed by atoms with E-state index in [0.29, 0.717) is 0 Å². The highest BCUT2D eigenvalue weighted by molar-refractivity contribution is 7.89. The summed E-state index contributed by atoms with van der Waals surface area (Å²) in [5, 5.41) is 24.1. The zero-order valence-electron chi connectivity index (χ0n) is 12.4. The Morgan fingerprint density at radius 1 is 1.29 bits per heavy atom. The molecule has 126 valence electrons. The average molecular weight is 351 g/mol. The first-order valence-corrected chi connectivity index (χ1v) is 7.99. The molecule has 24 heavy (non-hydrogen) atoms. The molecule has 0 atom stereocenters. The average Bonchev–Trinajstić information content (AvgIpc) is 2.56. The number of hydrogen-bond acceptors (Lipinski definition) is 7. The Morgan fingerprint density at radius 2 is 1.96 bits per heavy atom. The Kier molecular flexibility index (Phi) is 4.99. The molecule has 0 saturated heterocycles. The lowest BCUT2D eigenvalue weighted by molar-refractivity contribution is -0.386. The Labute approximate surface area is 137 Å². The molecular weight excluding hydrogens is 338 g/mol. The molecule has 0 unspecified atom stereocenters. The molecule has 0 amide bonds. The molecule has 10 heteroatoms. The monoisotopic (exact) mass is 351 g/mol. The molecule has 0 aliphatic rings. The van der Waals surface area contributed by atoms with Gasteiger partial charge >= 0.3 is 5.69 Å². The van der Waals surface area contributed by atoms with E-state index in [1.165, 1.54) is 25.3 Å². The third-order valence-corrected chi connectivity index (χ3v) is 4.17. The van der Waals surface area contributed by atoms with Crippen molar-refractivity contribution in [2.24, 2.45) is 5.10 Å². The molecule has 2 rings (SSSR count). The molecule has 9 nitrogen and oxygen atoms in total. The molecule has 0 fully saturated rings. The van der Waals surface area contributed by atoms with Crippen LogP contribution in [0, 0.1) is 10.1 Å². The van der Waals surface area contributed by atoms with Gasteiger partial charge in [0.1, 0.15) is 0 Å². The summed E-state index contributed by atoms with van der Waals surface area (Å²) in [5.41, 5.74) is -0.408. The van der Waals surface area contributed by atoms with Crippen LogP contribution in [0.25, 0.3) is 0 Å². The van der Waals surface area contributed by atoms with Crippen molar-refractivity contribution in [2.45, 2.75) is 4.90 Å². The third kappa shape index (κ3) is 3.79. The summed E-state index contributed by atoms with van der Waals surface area (Å²) in [6.45, 7) is 0. The van der Waals surface area contributed by atoms with Crippen LogP contribution in [0.4, 0.5) is 5.69 Å². The lowest BCUT2D eigenvalue weighted by Gasteiger charge is -2.05. The lowest BCUT2D eigenvalue weighted by Crippen LogP contribution is -2.18. The summed E-state index contributed by atoms with van der Waals surface area (Å²) in [7, 11) is -2.61. The number of nitro benzene ring substituents is 1. The second-order valence-corrected chi connectivity index (χ2v) is 6.17. The summed E-state index contributed by atoms with van der Waals surface area (Å²) in [5.74, 6) is -0.749. The topological polar surface area (TPSA) is 131 Å². The minimum atomic E-state index is -3.84. The number of ether oxygens (including phenoxy) is 1. The van der Waals surface area contributed by atoms with Crippen LogP contribution < -0.4 is 9.57 Å². The predicted octanol–water partition coefficient (Wildman–Crippen LogP) is 1.62. The number of rotatable bonds is 6. The number of nitrogens with one attached hydrogen (secondary N) is 1. The van der Waals surface area contributed by atoms with E-state index in [9.17, 15) is 23.6 Å². The number of phenols is 1. The Morgan fingerprint density at radius 3 is 2.54 bits per heavy atom. The van der Waals surface area contributed by atoms with Gasteiger partial charge in [-0.25, -0.2) is 4.83 Å². The predicted molar refractivity (Wildman–Crippen MR) is 85.7 cm³/mol. The highest BCUT2D eigenvalue weighted by Gasteiger charge is 2.19. The fraction of sp³-hybridized carbons (Fsp3) is 0.0714. The molecule has 0 aliphatic carbocycles. The number of phenolic OH excluding ortho intramolecular Hbond substituents is 1. The van der Waals surface area contributed by atoms with Gasteiger partial charge in [-0.2, -0.15) is 13.5 Å². The van der Waals surface area contributed by atoms with E-state index < -0.39 is 26.4 Å². The fourth-order valence-corrected chi connectivity index (χ4v) is 2.62. The second kappa shape index (κ2) is 6.96. The van der Waals surface area contributed by atoms with Gasteiger partial charge in [0.25, 0.3) is 10.0 Å². The maximum atomic E-state index is 12.0. The SMILES string of the molecule is COc1cc(/C=N\NS(=O)(=O)c2ccccc2)cc([N+](=O)[O-])c1O. The van der Waals surface area contributed by atoms with Crippen molar-refractivity contribution in [3.05, 3.63) is 58.1 Å². The number of nitrogens with zero attached hydrogens (tertiary/aromatic N) is 2. The van der Waals surface area contributed by atoms with E-state index in [0.717, 1.165) is 12.3 Å². The van der Waals surface area contributed by atoms with Crippen molar-refractivity contribution in [1.82, 2.24) is 4.83 Å². The van der Waals surface area contributed by atoms with Crippen molar-refractivity contribution < 1.29 is 23.2 Å². The Hall–Kier alpha value is -3.14. The molecule has 0 bridgehead atoms. The number of benzene rings is 2. The molecule has 2 N–H and O–H groups in total. The molecule has 0 spiro atoms. The van der Waals surface area contributed by atoms with Gasteiger partial charge in [0.2, 0.25) is 5.75 Å². The first-order valence-electron chi connectivity index (χ1n) is 6.50. The summed E-state index contributed by atoms with van der Waals surface area (Å²) in [6, 6.07) is 9.91. The number of hydrogen-bond donors (Lipinski definition) is 2. The van der Waals surface area contributed by atoms with Crippen molar-refractivity contribution in [1.29, 1.82) is 0 Å². The van der Waals surface area contributed by atoms with E-state index in [-0.39, 0.29) is 16.2 Å². The fourth-order valence-electron chi connectivity index (χ4n) is 1.81. The smallest absolute Gasteiger partial charge is 0.315 e. The summed E-state index contributed by atoms with van der Waals surface area (Å²) in [6.07, 6.45) is 1.06.